The van der Waals surface area contributed by atoms with Crippen molar-refractivity contribution in [2.75, 3.05) is 39.8 Å². The van der Waals surface area contributed by atoms with Gasteiger partial charge in [0.25, 0.3) is 0 Å². The predicted octanol–water partition coefficient (Wildman–Crippen LogP) is 0.191. The highest BCUT2D eigenvalue weighted by Gasteiger charge is 2.38. The van der Waals surface area contributed by atoms with Crippen LogP contribution in [0.1, 0.15) is 18.4 Å². The molecule has 2 aliphatic carbocycles. The van der Waals surface area contributed by atoms with Gasteiger partial charge in [-0.25, -0.2) is 0 Å². The van der Waals surface area contributed by atoms with Gasteiger partial charge < -0.3 is 14.5 Å². The molecule has 2 bridgehead atoms. The Bertz CT molecular complexity index is 545. The number of allylic oxidation sites excluding steroid dienone is 2. The van der Waals surface area contributed by atoms with Gasteiger partial charge in [-0.05, 0) is 48.9 Å². The van der Waals surface area contributed by atoms with Crippen molar-refractivity contribution in [2.24, 2.45) is 17.8 Å². The molecule has 1 heterocycles. The zero-order valence-electron chi connectivity index (χ0n) is 14.3. The van der Waals surface area contributed by atoms with Gasteiger partial charge in [0.15, 0.2) is 0 Å². The number of methoxy groups -OCH3 is 1. The van der Waals surface area contributed by atoms with E-state index in [1.54, 1.807) is 12.0 Å². The van der Waals surface area contributed by atoms with Gasteiger partial charge in [0, 0.05) is 11.5 Å². The minimum absolute atomic E-state index is 0.914. The summed E-state index contributed by atoms with van der Waals surface area (Å²) in [7, 11) is 1.73. The number of hydrogen-bond acceptors (Lipinski definition) is 1. The molecule has 124 valence electrons. The van der Waals surface area contributed by atoms with Gasteiger partial charge in [0.1, 0.15) is 38.5 Å². The molecule has 1 saturated carbocycles. The van der Waals surface area contributed by atoms with Crippen molar-refractivity contribution in [1.29, 1.82) is 0 Å². The van der Waals surface area contributed by atoms with Crippen LogP contribution in [-0.4, -0.2) is 39.8 Å². The first-order valence-corrected chi connectivity index (χ1v) is 9.28. The summed E-state index contributed by atoms with van der Waals surface area (Å²) in [4.78, 5) is 3.60. The predicted molar refractivity (Wildman–Crippen MR) is 91.8 cm³/mol. The first kappa shape index (κ1) is 15.2. The molecule has 4 rings (SSSR count). The molecule has 0 amide bonds. The summed E-state index contributed by atoms with van der Waals surface area (Å²) in [5.74, 6) is 3.77. The fraction of sp³-hybridized carbons (Fsp3) is 0.600. The topological polar surface area (TPSA) is 18.1 Å². The number of fused-ring (bicyclic) bond motifs is 2. The largest absolute Gasteiger partial charge is 0.497 e. The average molecular weight is 314 g/mol. The quantitative estimate of drug-likeness (QED) is 0.743. The van der Waals surface area contributed by atoms with Crippen molar-refractivity contribution in [3.63, 3.8) is 0 Å². The Morgan fingerprint density at radius 1 is 0.957 bits per heavy atom. The molecular weight excluding hydrogens is 284 g/mol. The van der Waals surface area contributed by atoms with Gasteiger partial charge in [-0.1, -0.05) is 12.2 Å². The summed E-state index contributed by atoms with van der Waals surface area (Å²) in [6.45, 7) is 7.91. The second kappa shape index (κ2) is 6.66. The standard InChI is InChI=1S/C20H28N2O/c1-23-20-6-3-16(4-7-20)14-21-8-10-22(11-9-21)15-19-13-17-2-5-18(19)12-17/h2-7,17-19H,8-15H2,1H3/p+2/t17-,18-,19+/m0/s1. The van der Waals surface area contributed by atoms with Crippen molar-refractivity contribution in [2.45, 2.75) is 19.4 Å². The number of benzene rings is 1. The van der Waals surface area contributed by atoms with Gasteiger partial charge in [0.2, 0.25) is 0 Å². The lowest BCUT2D eigenvalue weighted by atomic mass is 9.93. The van der Waals surface area contributed by atoms with Crippen molar-refractivity contribution < 1.29 is 14.5 Å². The second-order valence-corrected chi connectivity index (χ2v) is 7.77. The lowest BCUT2D eigenvalue weighted by molar-refractivity contribution is -1.02. The Morgan fingerprint density at radius 3 is 2.30 bits per heavy atom. The monoisotopic (exact) mass is 314 g/mol. The Balaban J connectivity index is 1.23. The maximum atomic E-state index is 5.24. The van der Waals surface area contributed by atoms with Crippen LogP contribution in [0, 0.1) is 17.8 Å². The zero-order valence-corrected chi connectivity index (χ0v) is 14.3. The third-order valence-corrected chi connectivity index (χ3v) is 6.24. The molecule has 3 nitrogen and oxygen atoms in total. The highest BCUT2D eigenvalue weighted by molar-refractivity contribution is 5.26. The lowest BCUT2D eigenvalue weighted by Gasteiger charge is -2.32. The van der Waals surface area contributed by atoms with E-state index in [2.05, 4.69) is 36.4 Å². The smallest absolute Gasteiger partial charge is 0.127 e. The number of piperazine rings is 1. The van der Waals surface area contributed by atoms with E-state index in [0.717, 1.165) is 30.0 Å². The fourth-order valence-corrected chi connectivity index (χ4v) is 4.87. The number of quaternary nitrogens is 2. The van der Waals surface area contributed by atoms with Crippen LogP contribution < -0.4 is 14.5 Å². The van der Waals surface area contributed by atoms with Crippen LogP contribution in [0.5, 0.6) is 5.75 Å². The summed E-state index contributed by atoms with van der Waals surface area (Å²) in [6, 6.07) is 8.59. The van der Waals surface area contributed by atoms with Crippen LogP contribution in [0.4, 0.5) is 0 Å². The minimum atomic E-state index is 0.914. The fourth-order valence-electron chi connectivity index (χ4n) is 4.87. The van der Waals surface area contributed by atoms with Crippen LogP contribution >= 0.6 is 0 Å². The Labute approximate surface area is 139 Å². The van der Waals surface area contributed by atoms with E-state index in [1.807, 2.05) is 4.90 Å². The molecule has 1 aromatic rings. The first-order valence-electron chi connectivity index (χ1n) is 9.28. The number of nitrogens with one attached hydrogen (secondary N) is 2. The molecule has 1 saturated heterocycles. The Morgan fingerprint density at radius 2 is 1.70 bits per heavy atom. The van der Waals surface area contributed by atoms with E-state index in [9.17, 15) is 0 Å². The van der Waals surface area contributed by atoms with E-state index in [-0.39, 0.29) is 0 Å². The minimum Gasteiger partial charge on any atom is -0.497 e. The van der Waals surface area contributed by atoms with Gasteiger partial charge >= 0.3 is 0 Å². The van der Waals surface area contributed by atoms with E-state index < -0.39 is 0 Å². The number of hydrogen-bond donors (Lipinski definition) is 2. The van der Waals surface area contributed by atoms with Gasteiger partial charge in [0.05, 0.1) is 13.7 Å². The maximum absolute atomic E-state index is 5.24. The molecule has 1 aromatic carbocycles. The molecule has 2 fully saturated rings. The van der Waals surface area contributed by atoms with Crippen molar-refractivity contribution in [3.8, 4) is 5.75 Å². The second-order valence-electron chi connectivity index (χ2n) is 7.77. The van der Waals surface area contributed by atoms with Crippen LogP contribution in [0.25, 0.3) is 0 Å². The van der Waals surface area contributed by atoms with Crippen LogP contribution in [0.15, 0.2) is 36.4 Å². The molecule has 0 unspecified atom stereocenters. The first-order chi connectivity index (χ1) is 11.3. The summed E-state index contributed by atoms with van der Waals surface area (Å²) in [5, 5.41) is 0. The van der Waals surface area contributed by atoms with Gasteiger partial charge in [-0.3, -0.25) is 0 Å². The normalized spacial score (nSPS) is 35.6. The molecule has 3 heteroatoms. The summed E-state index contributed by atoms with van der Waals surface area (Å²) in [5.41, 5.74) is 1.43. The third kappa shape index (κ3) is 3.46. The SMILES string of the molecule is COc1ccc(C[NH+]2CC[NH+](C[C@H]3C[C@H]4C=C[C@H]3C4)CC2)cc1. The van der Waals surface area contributed by atoms with Crippen molar-refractivity contribution >= 4 is 0 Å². The lowest BCUT2D eigenvalue weighted by Crippen LogP contribution is -3.27. The number of rotatable bonds is 5. The third-order valence-electron chi connectivity index (χ3n) is 6.24. The Kier molecular flexibility index (Phi) is 4.41. The summed E-state index contributed by atoms with van der Waals surface area (Å²) in [6.07, 6.45) is 7.89. The van der Waals surface area contributed by atoms with E-state index >= 15 is 0 Å². The molecule has 3 aliphatic rings. The molecular formula is C20H30N2O+2. The number of ether oxygens (including phenoxy) is 1. The summed E-state index contributed by atoms with van der Waals surface area (Å²) >= 11 is 0. The van der Waals surface area contributed by atoms with Crippen LogP contribution in [0.3, 0.4) is 0 Å². The average Bonchev–Trinajstić information content (AvgIpc) is 3.20. The van der Waals surface area contributed by atoms with Gasteiger partial charge in [-0.15, -0.1) is 0 Å². The molecule has 2 N–H and O–H groups in total. The molecule has 3 atom stereocenters. The molecule has 0 spiro atoms. The highest BCUT2D eigenvalue weighted by Crippen LogP contribution is 2.42. The molecule has 0 radical (unpaired) electrons. The summed E-state index contributed by atoms with van der Waals surface area (Å²) < 4.78 is 5.24. The van der Waals surface area contributed by atoms with E-state index in [0.29, 0.717) is 0 Å². The molecule has 23 heavy (non-hydrogen) atoms. The van der Waals surface area contributed by atoms with E-state index in [4.69, 9.17) is 4.74 Å². The highest BCUT2D eigenvalue weighted by atomic mass is 16.5. The van der Waals surface area contributed by atoms with Gasteiger partial charge in [-0.2, -0.15) is 0 Å². The Hall–Kier alpha value is -1.32. The molecule has 1 aliphatic heterocycles. The van der Waals surface area contributed by atoms with Crippen LogP contribution in [-0.2, 0) is 6.54 Å². The van der Waals surface area contributed by atoms with Crippen LogP contribution in [0.2, 0.25) is 0 Å². The zero-order chi connectivity index (χ0) is 15.6. The molecule has 0 aromatic heterocycles. The van der Waals surface area contributed by atoms with Crippen molar-refractivity contribution in [1.82, 2.24) is 0 Å². The maximum Gasteiger partial charge on any atom is 0.127 e. The van der Waals surface area contributed by atoms with Crippen molar-refractivity contribution in [3.05, 3.63) is 42.0 Å². The van der Waals surface area contributed by atoms with E-state index in [1.165, 1.54) is 51.1 Å².